The van der Waals surface area contributed by atoms with Crippen LogP contribution in [0.4, 0.5) is 0 Å². The third kappa shape index (κ3) is 3.59. The van der Waals surface area contributed by atoms with Crippen molar-refractivity contribution in [2.45, 2.75) is 33.0 Å². The summed E-state index contributed by atoms with van der Waals surface area (Å²) in [5.41, 5.74) is 1.11. The molecule has 3 heteroatoms. The van der Waals surface area contributed by atoms with Gasteiger partial charge in [-0.15, -0.1) is 0 Å². The summed E-state index contributed by atoms with van der Waals surface area (Å²) in [5, 5.41) is 0. The number of hydrogen-bond donors (Lipinski definition) is 0. The topological polar surface area (TPSA) is 18.5 Å². The van der Waals surface area contributed by atoms with Crippen LogP contribution in [0.15, 0.2) is 71.4 Å². The van der Waals surface area contributed by atoms with Crippen molar-refractivity contribution in [1.82, 2.24) is 0 Å². The number of benzene rings is 2. The molecule has 1 aliphatic rings. The van der Waals surface area contributed by atoms with Gasteiger partial charge in [0, 0.05) is 0 Å². The van der Waals surface area contributed by atoms with Crippen LogP contribution in [-0.4, -0.2) is 27.7 Å². The minimum absolute atomic E-state index is 0.00158. The van der Waals surface area contributed by atoms with E-state index < -0.39 is 0 Å². The molecule has 0 aromatic heterocycles. The molecule has 2 aromatic rings. The van der Waals surface area contributed by atoms with Crippen molar-refractivity contribution < 1.29 is 9.47 Å². The van der Waals surface area contributed by atoms with E-state index in [1.807, 2.05) is 13.0 Å². The van der Waals surface area contributed by atoms with Gasteiger partial charge >= 0.3 is 151 Å². The first kappa shape index (κ1) is 17.3. The van der Waals surface area contributed by atoms with Gasteiger partial charge in [-0.25, -0.2) is 0 Å². The minimum atomic E-state index is -0.101. The van der Waals surface area contributed by atoms with Crippen LogP contribution in [0.1, 0.15) is 32.4 Å². The Hall–Kier alpha value is -1.54. The normalized spacial score (nSPS) is 24.0. The Labute approximate surface area is 151 Å². The van der Waals surface area contributed by atoms with Gasteiger partial charge in [0.1, 0.15) is 0 Å². The maximum atomic E-state index is 6.40. The zero-order valence-corrected chi connectivity index (χ0v) is 16.2. The van der Waals surface area contributed by atoms with Crippen molar-refractivity contribution in [3.63, 3.8) is 0 Å². The van der Waals surface area contributed by atoms with Crippen LogP contribution in [0.2, 0.25) is 0 Å². The fourth-order valence-electron chi connectivity index (χ4n) is 3.16. The molecular weight excluding hydrogens is 363 g/mol. The molecule has 24 heavy (non-hydrogen) atoms. The second-order valence-corrected chi connectivity index (χ2v) is 8.49. The van der Waals surface area contributed by atoms with Gasteiger partial charge in [-0.05, 0) is 0 Å². The Morgan fingerprint density at radius 2 is 1.67 bits per heavy atom. The summed E-state index contributed by atoms with van der Waals surface area (Å²) in [6.45, 7) is 7.21. The summed E-state index contributed by atoms with van der Waals surface area (Å²) < 4.78 is 13.8. The zero-order valence-electron chi connectivity index (χ0n) is 14.4. The van der Waals surface area contributed by atoms with Crippen molar-refractivity contribution >= 4 is 19.4 Å². The Morgan fingerprint density at radius 3 is 2.29 bits per heavy atom. The molecule has 0 saturated carbocycles. The standard InChI is InChI=1S/C21H24O2Se/c1-4-22-20-18(15-24-17-13-9-6-10-14-17)23-19(21(20,2)3)16-11-7-5-8-12-16/h5-15,19-20H,4H2,1-3H3/b18-15-/t19-,20+/m0/s1. The van der Waals surface area contributed by atoms with Crippen LogP contribution in [-0.2, 0) is 9.47 Å². The molecule has 1 heterocycles. The van der Waals surface area contributed by atoms with E-state index in [0.29, 0.717) is 6.61 Å². The van der Waals surface area contributed by atoms with Crippen LogP contribution >= 0.6 is 0 Å². The summed E-state index contributed by atoms with van der Waals surface area (Å²) in [6, 6.07) is 21.0. The van der Waals surface area contributed by atoms with Crippen molar-refractivity contribution in [3.05, 3.63) is 77.0 Å². The first-order valence-electron chi connectivity index (χ1n) is 8.38. The fourth-order valence-corrected chi connectivity index (χ4v) is 4.72. The number of ether oxygens (including phenoxy) is 2. The first-order valence-corrected chi connectivity index (χ1v) is 10.2. The summed E-state index contributed by atoms with van der Waals surface area (Å²) in [4.78, 5) is 2.24. The quantitative estimate of drug-likeness (QED) is 0.721. The third-order valence-electron chi connectivity index (χ3n) is 4.35. The zero-order chi connectivity index (χ0) is 17.0. The molecule has 126 valence electrons. The van der Waals surface area contributed by atoms with Gasteiger partial charge in [0.2, 0.25) is 0 Å². The van der Waals surface area contributed by atoms with Gasteiger partial charge in [0.15, 0.2) is 0 Å². The van der Waals surface area contributed by atoms with Gasteiger partial charge in [-0.2, -0.15) is 0 Å². The van der Waals surface area contributed by atoms with Crippen LogP contribution in [0.25, 0.3) is 0 Å². The van der Waals surface area contributed by atoms with E-state index in [1.54, 1.807) is 0 Å². The molecule has 1 saturated heterocycles. The fraction of sp³-hybridized carbons (Fsp3) is 0.333. The Bertz CT molecular complexity index is 679. The molecule has 0 radical (unpaired) electrons. The monoisotopic (exact) mass is 388 g/mol. The molecule has 0 N–H and O–H groups in total. The molecule has 3 rings (SSSR count). The molecule has 0 amide bonds. The average Bonchev–Trinajstić information content (AvgIpc) is 2.86. The number of rotatable bonds is 5. The summed E-state index contributed by atoms with van der Waals surface area (Å²) in [5.74, 6) is 0.986. The van der Waals surface area contributed by atoms with Crippen molar-refractivity contribution in [1.29, 1.82) is 0 Å². The van der Waals surface area contributed by atoms with E-state index in [9.17, 15) is 0 Å². The second-order valence-electron chi connectivity index (χ2n) is 6.52. The summed E-state index contributed by atoms with van der Waals surface area (Å²) in [6.07, 6.45) is 0.0198. The van der Waals surface area contributed by atoms with E-state index in [1.165, 1.54) is 10.0 Å². The molecule has 0 spiro atoms. The van der Waals surface area contributed by atoms with Gasteiger partial charge in [-0.3, -0.25) is 0 Å². The first-order chi connectivity index (χ1) is 11.6. The van der Waals surface area contributed by atoms with E-state index in [-0.39, 0.29) is 32.6 Å². The maximum absolute atomic E-state index is 6.40. The van der Waals surface area contributed by atoms with Gasteiger partial charge in [0.05, 0.1) is 0 Å². The van der Waals surface area contributed by atoms with E-state index in [2.05, 4.69) is 73.4 Å². The van der Waals surface area contributed by atoms with Crippen LogP contribution < -0.4 is 4.46 Å². The summed E-state index contributed by atoms with van der Waals surface area (Å²) >= 11 is 0.244. The van der Waals surface area contributed by atoms with Crippen LogP contribution in [0.5, 0.6) is 0 Å². The molecule has 2 atom stereocenters. The molecule has 1 fully saturated rings. The van der Waals surface area contributed by atoms with Crippen molar-refractivity contribution in [2.75, 3.05) is 6.61 Å². The second kappa shape index (κ2) is 7.56. The van der Waals surface area contributed by atoms with Crippen LogP contribution in [0, 0.1) is 5.41 Å². The molecule has 2 nitrogen and oxygen atoms in total. The van der Waals surface area contributed by atoms with Gasteiger partial charge in [0.25, 0.3) is 0 Å². The van der Waals surface area contributed by atoms with Gasteiger partial charge < -0.3 is 0 Å². The van der Waals surface area contributed by atoms with Gasteiger partial charge in [-0.1, -0.05) is 0 Å². The Balaban J connectivity index is 1.88. The summed E-state index contributed by atoms with van der Waals surface area (Å²) in [7, 11) is 0. The van der Waals surface area contributed by atoms with E-state index in [0.717, 1.165) is 5.76 Å². The molecule has 2 aromatic carbocycles. The van der Waals surface area contributed by atoms with E-state index in [4.69, 9.17) is 9.47 Å². The van der Waals surface area contributed by atoms with Crippen molar-refractivity contribution in [3.8, 4) is 0 Å². The predicted molar refractivity (Wildman–Crippen MR) is 99.4 cm³/mol. The third-order valence-corrected chi connectivity index (χ3v) is 6.23. The number of hydrogen-bond acceptors (Lipinski definition) is 2. The molecule has 0 aliphatic carbocycles. The van der Waals surface area contributed by atoms with Crippen LogP contribution in [0.3, 0.4) is 0 Å². The Morgan fingerprint density at radius 1 is 1.04 bits per heavy atom. The molecule has 0 unspecified atom stereocenters. The molecular formula is C21H24O2Se. The molecule has 0 bridgehead atoms. The van der Waals surface area contributed by atoms with Crippen molar-refractivity contribution in [2.24, 2.45) is 5.41 Å². The van der Waals surface area contributed by atoms with E-state index >= 15 is 0 Å². The Kier molecular flexibility index (Phi) is 5.45. The predicted octanol–water partition coefficient (Wildman–Crippen LogP) is 4.06. The molecule has 1 aliphatic heterocycles. The SMILES string of the molecule is CCO[C@@H]1/C(=C/[Se]c2ccccc2)O[C@@H](c2ccccc2)C1(C)C. The average molecular weight is 387 g/mol.